The number of methoxy groups -OCH3 is 1. The predicted molar refractivity (Wildman–Crippen MR) is 79.1 cm³/mol. The fourth-order valence-corrected chi connectivity index (χ4v) is 3.93. The highest BCUT2D eigenvalue weighted by atomic mass is 32.2. The highest BCUT2D eigenvalue weighted by Gasteiger charge is 2.40. The summed E-state index contributed by atoms with van der Waals surface area (Å²) >= 11 is 4.77. The summed E-state index contributed by atoms with van der Waals surface area (Å²) in [5.41, 5.74) is 5.77. The van der Waals surface area contributed by atoms with Gasteiger partial charge in [-0.15, -0.1) is 0 Å². The quantitative estimate of drug-likeness (QED) is 0.614. The van der Waals surface area contributed by atoms with Gasteiger partial charge < -0.3 is 10.5 Å². The van der Waals surface area contributed by atoms with Crippen molar-refractivity contribution in [2.45, 2.75) is 23.8 Å². The summed E-state index contributed by atoms with van der Waals surface area (Å²) in [5, 5.41) is 0. The lowest BCUT2D eigenvalue weighted by Gasteiger charge is -2.21. The van der Waals surface area contributed by atoms with Gasteiger partial charge >= 0.3 is 5.97 Å². The molecule has 0 aromatic carbocycles. The topological polar surface area (TPSA) is 103 Å². The van der Waals surface area contributed by atoms with Gasteiger partial charge in [0.25, 0.3) is 0 Å². The molecule has 114 valence electrons. The maximum Gasteiger partial charge on any atom is 0.324 e. The minimum absolute atomic E-state index is 0.00157. The van der Waals surface area contributed by atoms with Crippen LogP contribution in [0.3, 0.4) is 0 Å². The number of esters is 1. The van der Waals surface area contributed by atoms with Gasteiger partial charge in [-0.25, -0.2) is 8.42 Å². The first-order valence-corrected chi connectivity index (χ1v) is 8.08. The first-order valence-electron chi connectivity index (χ1n) is 6.23. The van der Waals surface area contributed by atoms with Crippen LogP contribution in [-0.4, -0.2) is 48.4 Å². The molecule has 2 heterocycles. The second kappa shape index (κ2) is 6.04. The van der Waals surface area contributed by atoms with Crippen molar-refractivity contribution in [3.8, 4) is 0 Å². The van der Waals surface area contributed by atoms with Crippen molar-refractivity contribution in [3.63, 3.8) is 0 Å². The number of ether oxygens (including phenoxy) is 1. The number of rotatable bonds is 4. The highest BCUT2D eigenvalue weighted by Crippen LogP contribution is 2.26. The summed E-state index contributed by atoms with van der Waals surface area (Å²) < 4.78 is 30.9. The number of hydrogen-bond acceptors (Lipinski definition) is 6. The molecule has 0 saturated carbocycles. The molecule has 0 amide bonds. The molecule has 2 N–H and O–H groups in total. The normalized spacial score (nSPS) is 19.4. The molecule has 9 heteroatoms. The zero-order chi connectivity index (χ0) is 15.6. The first-order chi connectivity index (χ1) is 9.87. The summed E-state index contributed by atoms with van der Waals surface area (Å²) in [5.74, 6) is -0.552. The first kappa shape index (κ1) is 15.8. The molecule has 1 aliphatic rings. The summed E-state index contributed by atoms with van der Waals surface area (Å²) in [6, 6.07) is 2.04. The van der Waals surface area contributed by atoms with Crippen molar-refractivity contribution < 1.29 is 17.9 Å². The van der Waals surface area contributed by atoms with Crippen LogP contribution in [-0.2, 0) is 19.6 Å². The number of nitrogens with zero attached hydrogens (tertiary/aromatic N) is 2. The Bertz CT molecular complexity index is 658. The number of aromatic nitrogens is 1. The van der Waals surface area contributed by atoms with Gasteiger partial charge in [0.2, 0.25) is 10.0 Å². The lowest BCUT2D eigenvalue weighted by molar-refractivity contribution is -0.144. The monoisotopic (exact) mass is 329 g/mol. The fourth-order valence-electron chi connectivity index (χ4n) is 2.21. The molecule has 1 aromatic rings. The van der Waals surface area contributed by atoms with E-state index in [-0.39, 0.29) is 16.4 Å². The lowest BCUT2D eigenvalue weighted by Crippen LogP contribution is -2.41. The molecule has 1 unspecified atom stereocenters. The number of sulfonamides is 1. The molecule has 1 atom stereocenters. The Morgan fingerprint density at radius 1 is 1.52 bits per heavy atom. The molecular weight excluding hydrogens is 314 g/mol. The molecule has 1 aliphatic heterocycles. The van der Waals surface area contributed by atoms with E-state index in [1.807, 2.05) is 0 Å². The van der Waals surface area contributed by atoms with Gasteiger partial charge in [-0.05, 0) is 25.0 Å². The number of carbonyl (C=O) groups excluding carboxylic acids is 1. The van der Waals surface area contributed by atoms with Gasteiger partial charge in [0.05, 0.1) is 12.8 Å². The molecular formula is C12H15N3O4S2. The second-order valence-corrected chi connectivity index (χ2v) is 6.87. The van der Waals surface area contributed by atoms with E-state index in [0.29, 0.717) is 18.5 Å². The lowest BCUT2D eigenvalue weighted by atomic mass is 10.2. The molecule has 0 radical (unpaired) electrons. The van der Waals surface area contributed by atoms with Crippen molar-refractivity contribution in [2.24, 2.45) is 5.73 Å². The van der Waals surface area contributed by atoms with E-state index in [9.17, 15) is 13.2 Å². The van der Waals surface area contributed by atoms with Crippen LogP contribution in [0.4, 0.5) is 0 Å². The number of pyridine rings is 1. The van der Waals surface area contributed by atoms with Crippen LogP contribution in [0.15, 0.2) is 23.2 Å². The van der Waals surface area contributed by atoms with E-state index in [4.69, 9.17) is 18.0 Å². The number of carbonyl (C=O) groups is 1. The maximum atomic E-state index is 12.6. The van der Waals surface area contributed by atoms with Crippen molar-refractivity contribution in [1.29, 1.82) is 0 Å². The van der Waals surface area contributed by atoms with Crippen LogP contribution in [0, 0.1) is 0 Å². The van der Waals surface area contributed by atoms with Crippen molar-refractivity contribution in [2.75, 3.05) is 13.7 Å². The van der Waals surface area contributed by atoms with E-state index in [2.05, 4.69) is 9.72 Å². The zero-order valence-electron chi connectivity index (χ0n) is 11.4. The molecule has 1 fully saturated rings. The molecule has 0 spiro atoms. The second-order valence-electron chi connectivity index (χ2n) is 4.54. The molecule has 21 heavy (non-hydrogen) atoms. The average Bonchev–Trinajstić information content (AvgIpc) is 2.96. The minimum atomic E-state index is -3.80. The third-order valence-corrected chi connectivity index (χ3v) is 5.37. The van der Waals surface area contributed by atoms with Gasteiger partial charge in [0, 0.05) is 12.7 Å². The Labute approximate surface area is 128 Å². The van der Waals surface area contributed by atoms with Crippen molar-refractivity contribution in [1.82, 2.24) is 9.29 Å². The van der Waals surface area contributed by atoms with Gasteiger partial charge in [0.1, 0.15) is 15.9 Å². The SMILES string of the molecule is COC(=O)C1CCCN1S(=O)(=O)c1ccc(C(N)=S)nc1. The van der Waals surface area contributed by atoms with E-state index < -0.39 is 22.0 Å². The van der Waals surface area contributed by atoms with Crippen LogP contribution in [0.1, 0.15) is 18.5 Å². The zero-order valence-corrected chi connectivity index (χ0v) is 13.0. The number of nitrogens with two attached hydrogens (primary N) is 1. The highest BCUT2D eigenvalue weighted by molar-refractivity contribution is 7.89. The standard InChI is InChI=1S/C12H15N3O4S2/c1-19-12(16)10-3-2-6-15(10)21(17,18)8-4-5-9(11(13)20)14-7-8/h4-5,7,10H,2-3,6H2,1H3,(H2,13,20). The minimum Gasteiger partial charge on any atom is -0.468 e. The predicted octanol–water partition coefficient (Wildman–Crippen LogP) is 0.0419. The smallest absolute Gasteiger partial charge is 0.324 e. The van der Waals surface area contributed by atoms with Crippen LogP contribution < -0.4 is 5.73 Å². The van der Waals surface area contributed by atoms with Gasteiger partial charge in [-0.2, -0.15) is 4.31 Å². The van der Waals surface area contributed by atoms with Crippen LogP contribution in [0.2, 0.25) is 0 Å². The third kappa shape index (κ3) is 3.04. The largest absolute Gasteiger partial charge is 0.468 e. The number of thiocarbonyl (C=S) groups is 1. The summed E-state index contributed by atoms with van der Waals surface area (Å²) in [7, 11) is -2.56. The van der Waals surface area contributed by atoms with Crippen LogP contribution >= 0.6 is 12.2 Å². The molecule has 2 rings (SSSR count). The third-order valence-electron chi connectivity index (χ3n) is 3.27. The molecule has 0 aliphatic carbocycles. The molecule has 0 bridgehead atoms. The van der Waals surface area contributed by atoms with Crippen molar-refractivity contribution >= 4 is 33.2 Å². The average molecular weight is 329 g/mol. The maximum absolute atomic E-state index is 12.6. The Kier molecular flexibility index (Phi) is 4.55. The van der Waals surface area contributed by atoms with Crippen LogP contribution in [0.25, 0.3) is 0 Å². The Balaban J connectivity index is 2.32. The van der Waals surface area contributed by atoms with Gasteiger partial charge in [-0.3, -0.25) is 9.78 Å². The molecule has 7 nitrogen and oxygen atoms in total. The van der Waals surface area contributed by atoms with Gasteiger partial charge in [-0.1, -0.05) is 12.2 Å². The Hall–Kier alpha value is -1.58. The number of hydrogen-bond donors (Lipinski definition) is 1. The Morgan fingerprint density at radius 2 is 2.24 bits per heavy atom. The van der Waals surface area contributed by atoms with Gasteiger partial charge in [0.15, 0.2) is 0 Å². The van der Waals surface area contributed by atoms with E-state index in [1.165, 1.54) is 25.4 Å². The van der Waals surface area contributed by atoms with E-state index in [0.717, 1.165) is 4.31 Å². The summed E-state index contributed by atoms with van der Waals surface area (Å²) in [6.45, 7) is 0.277. The van der Waals surface area contributed by atoms with Crippen LogP contribution in [0.5, 0.6) is 0 Å². The van der Waals surface area contributed by atoms with E-state index >= 15 is 0 Å². The summed E-state index contributed by atoms with van der Waals surface area (Å²) in [4.78, 5) is 15.7. The van der Waals surface area contributed by atoms with Crippen molar-refractivity contribution in [3.05, 3.63) is 24.0 Å². The summed E-state index contributed by atoms with van der Waals surface area (Å²) in [6.07, 6.45) is 2.25. The molecule has 1 aromatic heterocycles. The fraction of sp³-hybridized carbons (Fsp3) is 0.417. The molecule has 1 saturated heterocycles. The Morgan fingerprint density at radius 3 is 2.76 bits per heavy atom. The van der Waals surface area contributed by atoms with E-state index in [1.54, 1.807) is 0 Å².